The predicted molar refractivity (Wildman–Crippen MR) is 121 cm³/mol. The van der Waals surface area contributed by atoms with Crippen LogP contribution in [0.3, 0.4) is 0 Å². The maximum atomic E-state index is 13.4. The highest BCUT2D eigenvalue weighted by atomic mass is 16.7. The van der Waals surface area contributed by atoms with Gasteiger partial charge in [0.25, 0.3) is 5.56 Å². The molecule has 9 heteroatoms. The Kier molecular flexibility index (Phi) is 3.70. The van der Waals surface area contributed by atoms with Crippen LogP contribution in [0.2, 0.25) is 0 Å². The number of rotatable bonds is 1. The first kappa shape index (κ1) is 19.1. The van der Waals surface area contributed by atoms with Crippen LogP contribution in [-0.2, 0) is 22.7 Å². The van der Waals surface area contributed by atoms with Gasteiger partial charge in [0.1, 0.15) is 6.61 Å². The number of aliphatic hydroxyl groups excluding tert-OH is 1. The molecule has 0 amide bonds. The van der Waals surface area contributed by atoms with Crippen LogP contribution in [0.1, 0.15) is 22.8 Å². The molecule has 34 heavy (non-hydrogen) atoms. The number of aliphatic hydroxyl groups is 1. The molecule has 0 aliphatic carbocycles. The van der Waals surface area contributed by atoms with Crippen molar-refractivity contribution in [1.82, 2.24) is 9.55 Å². The lowest BCUT2D eigenvalue weighted by molar-refractivity contribution is -0.157. The second kappa shape index (κ2) is 6.58. The fourth-order valence-electron chi connectivity index (χ4n) is 5.00. The fraction of sp³-hybridized carbons (Fsp3) is 0.160. The third-order valence-corrected chi connectivity index (χ3v) is 6.65. The van der Waals surface area contributed by atoms with Crippen molar-refractivity contribution < 1.29 is 24.1 Å². The number of esters is 1. The molecule has 1 unspecified atom stereocenters. The van der Waals surface area contributed by atoms with Gasteiger partial charge in [-0.15, -0.1) is 0 Å². The summed E-state index contributed by atoms with van der Waals surface area (Å²) in [5.74, 6) is 0.465. The van der Waals surface area contributed by atoms with E-state index in [9.17, 15) is 14.7 Å². The number of cyclic esters (lactones) is 1. The molecule has 5 heterocycles. The molecule has 2 aromatic heterocycles. The van der Waals surface area contributed by atoms with Crippen LogP contribution in [0.15, 0.2) is 47.3 Å². The van der Waals surface area contributed by atoms with Crippen molar-refractivity contribution >= 4 is 22.6 Å². The molecule has 0 fully saturated rings. The van der Waals surface area contributed by atoms with E-state index in [1.165, 1.54) is 0 Å². The Morgan fingerprint density at radius 3 is 2.56 bits per heavy atom. The van der Waals surface area contributed by atoms with Crippen LogP contribution in [0, 0.1) is 0 Å². The number of nitrogen functional groups attached to an aromatic ring is 1. The largest absolute Gasteiger partial charge is 0.458 e. The molecule has 3 N–H and O–H groups in total. The van der Waals surface area contributed by atoms with Crippen molar-refractivity contribution in [1.29, 1.82) is 0 Å². The minimum absolute atomic E-state index is 0.140. The zero-order valence-electron chi connectivity index (χ0n) is 17.7. The molecule has 168 valence electrons. The van der Waals surface area contributed by atoms with Gasteiger partial charge in [-0.2, -0.15) is 0 Å². The summed E-state index contributed by atoms with van der Waals surface area (Å²) in [5.41, 5.74) is 11.3. The zero-order chi connectivity index (χ0) is 23.1. The Labute approximate surface area is 191 Å². The van der Waals surface area contributed by atoms with Crippen molar-refractivity contribution in [3.05, 3.63) is 69.5 Å². The molecule has 9 nitrogen and oxygen atoms in total. The number of hydrogen-bond acceptors (Lipinski definition) is 8. The molecule has 2 aromatic carbocycles. The second-order valence-corrected chi connectivity index (χ2v) is 8.52. The van der Waals surface area contributed by atoms with E-state index in [-0.39, 0.29) is 36.6 Å². The normalized spacial score (nSPS) is 17.3. The molecule has 3 aliphatic rings. The highest BCUT2D eigenvalue weighted by molar-refractivity contribution is 6.01. The summed E-state index contributed by atoms with van der Waals surface area (Å²) in [6, 6.07) is 12.9. The maximum absolute atomic E-state index is 13.4. The maximum Gasteiger partial charge on any atom is 0.340 e. The molecule has 1 atom stereocenters. The van der Waals surface area contributed by atoms with Crippen LogP contribution < -0.4 is 20.8 Å². The van der Waals surface area contributed by atoms with Gasteiger partial charge in [-0.25, -0.2) is 9.78 Å². The van der Waals surface area contributed by atoms with Gasteiger partial charge in [0.2, 0.25) is 6.79 Å². The summed E-state index contributed by atoms with van der Waals surface area (Å²) in [7, 11) is 0. The van der Waals surface area contributed by atoms with Crippen LogP contribution in [0.5, 0.6) is 11.5 Å². The topological polar surface area (TPSA) is 126 Å². The smallest absolute Gasteiger partial charge is 0.340 e. The number of hydrogen-bond donors (Lipinski definition) is 2. The van der Waals surface area contributed by atoms with Crippen molar-refractivity contribution in [2.24, 2.45) is 0 Å². The van der Waals surface area contributed by atoms with Crippen LogP contribution in [0.25, 0.3) is 33.4 Å². The summed E-state index contributed by atoms with van der Waals surface area (Å²) in [4.78, 5) is 30.2. The Bertz CT molecular complexity index is 1620. The number of fused-ring (bicyclic) bond motifs is 6. The fourth-order valence-corrected chi connectivity index (χ4v) is 5.00. The number of anilines is 1. The minimum atomic E-state index is -1.50. The number of aromatic nitrogens is 2. The van der Waals surface area contributed by atoms with Gasteiger partial charge in [-0.3, -0.25) is 4.79 Å². The summed E-state index contributed by atoms with van der Waals surface area (Å²) < 4.78 is 17.8. The van der Waals surface area contributed by atoms with E-state index in [2.05, 4.69) is 0 Å². The molecular formula is C25H17N3O6. The van der Waals surface area contributed by atoms with Gasteiger partial charge in [0, 0.05) is 28.3 Å². The number of ether oxygens (including phenoxy) is 3. The lowest BCUT2D eigenvalue weighted by Gasteiger charge is -2.21. The lowest BCUT2D eigenvalue weighted by atomic mass is 9.93. The van der Waals surface area contributed by atoms with E-state index in [0.717, 1.165) is 22.1 Å². The summed E-state index contributed by atoms with van der Waals surface area (Å²) in [6.07, 6.45) is -1.50. The van der Waals surface area contributed by atoms with Gasteiger partial charge in [0.05, 0.1) is 29.0 Å². The number of nitrogens with zero attached hydrogens (tertiary/aromatic N) is 2. The number of carbonyl (C=O) groups is 1. The number of nitrogens with two attached hydrogens (primary N) is 1. The Balaban J connectivity index is 1.55. The van der Waals surface area contributed by atoms with Gasteiger partial charge in [-0.05, 0) is 35.4 Å². The van der Waals surface area contributed by atoms with E-state index >= 15 is 0 Å². The Morgan fingerprint density at radius 1 is 1.00 bits per heavy atom. The average Bonchev–Trinajstić information content (AvgIpc) is 3.44. The summed E-state index contributed by atoms with van der Waals surface area (Å²) in [5, 5.41) is 11.2. The minimum Gasteiger partial charge on any atom is -0.458 e. The van der Waals surface area contributed by atoms with Gasteiger partial charge < -0.3 is 29.6 Å². The van der Waals surface area contributed by atoms with E-state index in [1.807, 2.05) is 36.4 Å². The van der Waals surface area contributed by atoms with Crippen molar-refractivity contribution in [2.75, 3.05) is 12.5 Å². The quantitative estimate of drug-likeness (QED) is 0.292. The SMILES string of the molecule is Nc1ccc(-c2c3c(nc4cc5c(cc24)OCO5)-c2cc4c(c(=O)n2C3)COC(=O)C4O)cc1. The second-order valence-electron chi connectivity index (χ2n) is 8.52. The summed E-state index contributed by atoms with van der Waals surface area (Å²) in [6.45, 7) is 0.265. The lowest BCUT2D eigenvalue weighted by Crippen LogP contribution is -2.32. The van der Waals surface area contributed by atoms with Crippen molar-refractivity contribution in [3.63, 3.8) is 0 Å². The first-order chi connectivity index (χ1) is 16.5. The van der Waals surface area contributed by atoms with Gasteiger partial charge in [-0.1, -0.05) is 12.1 Å². The Morgan fingerprint density at radius 2 is 1.76 bits per heavy atom. The van der Waals surface area contributed by atoms with E-state index in [0.29, 0.717) is 34.1 Å². The first-order valence-electron chi connectivity index (χ1n) is 10.7. The number of benzene rings is 2. The van der Waals surface area contributed by atoms with Gasteiger partial charge >= 0.3 is 5.97 Å². The molecule has 4 aromatic rings. The van der Waals surface area contributed by atoms with Crippen LogP contribution >= 0.6 is 0 Å². The molecule has 7 rings (SSSR count). The molecule has 0 saturated carbocycles. The molecule has 0 radical (unpaired) electrons. The van der Waals surface area contributed by atoms with Crippen LogP contribution in [0.4, 0.5) is 5.69 Å². The van der Waals surface area contributed by atoms with Crippen molar-refractivity contribution in [2.45, 2.75) is 19.3 Å². The number of pyridine rings is 2. The van der Waals surface area contributed by atoms with E-state index in [1.54, 1.807) is 10.6 Å². The monoisotopic (exact) mass is 455 g/mol. The van der Waals surface area contributed by atoms with Crippen LogP contribution in [-0.4, -0.2) is 27.4 Å². The Hall–Kier alpha value is -4.37. The standard InChI is InChI=1S/C25H17N3O6/c26-12-3-1-11(2-4-12)21-14-6-19-20(34-10-33-19)7-17(14)27-22-15(21)8-28-18(22)5-13-16(24(28)30)9-32-25(31)23(13)29/h1-7,23,29H,8-10,26H2. The molecular weight excluding hydrogens is 438 g/mol. The molecule has 0 bridgehead atoms. The zero-order valence-corrected chi connectivity index (χ0v) is 17.7. The molecule has 3 aliphatic heterocycles. The van der Waals surface area contributed by atoms with Gasteiger partial charge in [0.15, 0.2) is 17.6 Å². The third kappa shape index (κ3) is 2.49. The predicted octanol–water partition coefficient (Wildman–Crippen LogP) is 2.49. The average molecular weight is 455 g/mol. The van der Waals surface area contributed by atoms with E-state index in [4.69, 9.17) is 24.9 Å². The summed E-state index contributed by atoms with van der Waals surface area (Å²) >= 11 is 0. The van der Waals surface area contributed by atoms with E-state index < -0.39 is 12.1 Å². The highest BCUT2D eigenvalue weighted by Gasteiger charge is 2.35. The molecule has 0 spiro atoms. The first-order valence-corrected chi connectivity index (χ1v) is 10.7. The third-order valence-electron chi connectivity index (χ3n) is 6.65. The highest BCUT2D eigenvalue weighted by Crippen LogP contribution is 2.45. The van der Waals surface area contributed by atoms with Crippen molar-refractivity contribution in [3.8, 4) is 34.0 Å². The molecule has 0 saturated heterocycles. The number of carbonyl (C=O) groups excluding carboxylic acids is 1.